The molecule has 0 heterocycles. The zero-order chi connectivity index (χ0) is 19.7. The lowest BCUT2D eigenvalue weighted by Gasteiger charge is -2.18. The molecule has 0 aromatic heterocycles. The Bertz CT molecular complexity index is 754. The molecule has 5 N–H and O–H groups in total. The molecular weight excluding hydrogens is 344 g/mol. The molecule has 0 aliphatic heterocycles. The highest BCUT2D eigenvalue weighted by molar-refractivity contribution is 5.88. The topological polar surface area (TPSA) is 152 Å². The van der Waals surface area contributed by atoms with E-state index in [0.717, 1.165) is 11.1 Å². The fourth-order valence-electron chi connectivity index (χ4n) is 2.05. The summed E-state index contributed by atoms with van der Waals surface area (Å²) in [4.78, 5) is 30.5. The van der Waals surface area contributed by atoms with Gasteiger partial charge in [0.1, 0.15) is 5.75 Å². The van der Waals surface area contributed by atoms with E-state index in [1.54, 1.807) is 6.07 Å². The minimum absolute atomic E-state index is 0.328. The van der Waals surface area contributed by atoms with E-state index >= 15 is 0 Å². The summed E-state index contributed by atoms with van der Waals surface area (Å²) in [6.45, 7) is 0. The number of aliphatic hydroxyl groups is 1. The van der Waals surface area contributed by atoms with Crippen molar-refractivity contribution in [1.29, 1.82) is 0 Å². The lowest BCUT2D eigenvalue weighted by atomic mass is 9.96. The van der Waals surface area contributed by atoms with E-state index in [2.05, 4.69) is 0 Å². The Hall–Kier alpha value is -3.39. The second-order valence-corrected chi connectivity index (χ2v) is 5.36. The lowest BCUT2D eigenvalue weighted by Crippen LogP contribution is -2.42. The summed E-state index contributed by atoms with van der Waals surface area (Å²) in [6, 6.07) is 17.2. The first-order chi connectivity index (χ1) is 12.2. The van der Waals surface area contributed by atoms with Crippen molar-refractivity contribution in [2.24, 2.45) is 0 Å². The molecule has 0 atom stereocenters. The van der Waals surface area contributed by atoms with Crippen molar-refractivity contribution in [3.05, 3.63) is 54.6 Å². The quantitative estimate of drug-likeness (QED) is 0.521. The Balaban J connectivity index is 0.000000260. The number of hydrogen-bond acceptors (Lipinski definition) is 5. The van der Waals surface area contributed by atoms with Crippen LogP contribution in [0.25, 0.3) is 11.1 Å². The zero-order valence-corrected chi connectivity index (χ0v) is 13.6. The Morgan fingerprint density at radius 1 is 0.769 bits per heavy atom. The fraction of sp³-hybridized carbons (Fsp3) is 0.167. The van der Waals surface area contributed by atoms with Crippen LogP contribution in [0.5, 0.6) is 5.75 Å². The monoisotopic (exact) mass is 362 g/mol. The van der Waals surface area contributed by atoms with Crippen LogP contribution in [0.1, 0.15) is 12.8 Å². The summed E-state index contributed by atoms with van der Waals surface area (Å²) in [6.07, 6.45) is -2.29. The molecule has 0 aliphatic carbocycles. The van der Waals surface area contributed by atoms with Crippen LogP contribution in [0.4, 0.5) is 0 Å². The van der Waals surface area contributed by atoms with Crippen LogP contribution >= 0.6 is 0 Å². The molecular formula is C18H18O8. The maximum atomic E-state index is 10.3. The van der Waals surface area contributed by atoms with Gasteiger partial charge in [-0.15, -0.1) is 0 Å². The van der Waals surface area contributed by atoms with E-state index in [9.17, 15) is 19.5 Å². The summed E-state index contributed by atoms with van der Waals surface area (Å²) in [7, 11) is 0. The number of para-hydroxylation sites is 1. The summed E-state index contributed by atoms with van der Waals surface area (Å²) in [5, 5.41) is 43.4. The molecule has 2 rings (SSSR count). The molecule has 0 aliphatic rings. The van der Waals surface area contributed by atoms with E-state index in [1.807, 2.05) is 48.5 Å². The number of carboxylic acids is 3. The van der Waals surface area contributed by atoms with Crippen LogP contribution in [0.2, 0.25) is 0 Å². The van der Waals surface area contributed by atoms with Gasteiger partial charge in [-0.05, 0) is 11.6 Å². The van der Waals surface area contributed by atoms with Crippen molar-refractivity contribution in [2.45, 2.75) is 18.4 Å². The molecule has 26 heavy (non-hydrogen) atoms. The van der Waals surface area contributed by atoms with Crippen molar-refractivity contribution < 1.29 is 39.9 Å². The van der Waals surface area contributed by atoms with Gasteiger partial charge < -0.3 is 25.5 Å². The molecule has 0 spiro atoms. The van der Waals surface area contributed by atoms with Gasteiger partial charge in [0, 0.05) is 5.56 Å². The number of aliphatic carboxylic acids is 3. The number of benzene rings is 2. The number of phenols is 1. The highest BCUT2D eigenvalue weighted by Gasteiger charge is 2.40. The Morgan fingerprint density at radius 3 is 1.65 bits per heavy atom. The first kappa shape index (κ1) is 20.7. The van der Waals surface area contributed by atoms with Gasteiger partial charge in [0.15, 0.2) is 5.60 Å². The van der Waals surface area contributed by atoms with Crippen LogP contribution in [-0.2, 0) is 14.4 Å². The van der Waals surface area contributed by atoms with Gasteiger partial charge >= 0.3 is 17.9 Å². The lowest BCUT2D eigenvalue weighted by molar-refractivity contribution is -0.170. The highest BCUT2D eigenvalue weighted by atomic mass is 16.4. The summed E-state index contributed by atoms with van der Waals surface area (Å²) in [5.41, 5.74) is -0.818. The van der Waals surface area contributed by atoms with Crippen molar-refractivity contribution >= 4 is 17.9 Å². The number of carbonyl (C=O) groups is 3. The molecule has 0 bridgehead atoms. The average Bonchev–Trinajstić information content (AvgIpc) is 2.55. The molecule has 0 unspecified atom stereocenters. The molecule has 138 valence electrons. The molecule has 8 nitrogen and oxygen atoms in total. The minimum atomic E-state index is -2.74. The maximum absolute atomic E-state index is 10.3. The summed E-state index contributed by atoms with van der Waals surface area (Å²) < 4.78 is 0. The van der Waals surface area contributed by atoms with Crippen LogP contribution < -0.4 is 0 Å². The second kappa shape index (κ2) is 9.19. The normalized spacial score (nSPS) is 10.3. The number of aromatic hydroxyl groups is 1. The molecule has 2 aromatic carbocycles. The van der Waals surface area contributed by atoms with Crippen molar-refractivity contribution in [3.8, 4) is 16.9 Å². The predicted octanol–water partition coefficient (Wildman–Crippen LogP) is 1.81. The minimum Gasteiger partial charge on any atom is -0.507 e. The summed E-state index contributed by atoms with van der Waals surface area (Å²) in [5.74, 6) is -4.69. The number of phenolic OH excluding ortho intramolecular Hbond substituents is 1. The third kappa shape index (κ3) is 6.25. The first-order valence-electron chi connectivity index (χ1n) is 7.38. The third-order valence-corrected chi connectivity index (χ3v) is 3.27. The molecule has 0 radical (unpaired) electrons. The molecule has 8 heteroatoms. The molecule has 0 amide bonds. The number of rotatable bonds is 6. The van der Waals surface area contributed by atoms with Gasteiger partial charge in [0.25, 0.3) is 0 Å². The molecule has 0 saturated heterocycles. The number of hydrogen-bond donors (Lipinski definition) is 5. The van der Waals surface area contributed by atoms with Crippen LogP contribution in [0, 0.1) is 0 Å². The van der Waals surface area contributed by atoms with E-state index < -0.39 is 36.4 Å². The van der Waals surface area contributed by atoms with Crippen LogP contribution in [0.3, 0.4) is 0 Å². The highest BCUT2D eigenvalue weighted by Crippen LogP contribution is 2.27. The van der Waals surface area contributed by atoms with Crippen LogP contribution in [-0.4, -0.2) is 49.0 Å². The zero-order valence-electron chi connectivity index (χ0n) is 13.6. The van der Waals surface area contributed by atoms with Gasteiger partial charge in [0.05, 0.1) is 12.8 Å². The SMILES string of the molecule is O=C(O)CC(O)(CC(=O)O)C(=O)O.Oc1ccccc1-c1ccccc1. The van der Waals surface area contributed by atoms with Gasteiger partial charge in [-0.1, -0.05) is 48.5 Å². The predicted molar refractivity (Wildman–Crippen MR) is 90.6 cm³/mol. The largest absolute Gasteiger partial charge is 0.507 e. The van der Waals surface area contributed by atoms with E-state index in [-0.39, 0.29) is 0 Å². The molecule has 0 saturated carbocycles. The third-order valence-electron chi connectivity index (χ3n) is 3.27. The second-order valence-electron chi connectivity index (χ2n) is 5.36. The Morgan fingerprint density at radius 2 is 1.23 bits per heavy atom. The van der Waals surface area contributed by atoms with E-state index in [4.69, 9.17) is 20.4 Å². The maximum Gasteiger partial charge on any atom is 0.336 e. The average molecular weight is 362 g/mol. The Labute approximate surface area is 148 Å². The number of carboxylic acid groups (broad SMARTS) is 3. The van der Waals surface area contributed by atoms with Crippen LogP contribution in [0.15, 0.2) is 54.6 Å². The first-order valence-corrected chi connectivity index (χ1v) is 7.38. The smallest absolute Gasteiger partial charge is 0.336 e. The van der Waals surface area contributed by atoms with Crippen molar-refractivity contribution in [2.75, 3.05) is 0 Å². The van der Waals surface area contributed by atoms with Crippen molar-refractivity contribution in [1.82, 2.24) is 0 Å². The standard InChI is InChI=1S/C12H10O.C6H8O7/c13-12-9-5-4-8-11(12)10-6-2-1-3-7-10;7-3(8)1-6(13,5(11)12)2-4(9)10/h1-9,13H;13H,1-2H2,(H,7,8)(H,9,10)(H,11,12). The van der Waals surface area contributed by atoms with E-state index in [0.29, 0.717) is 5.75 Å². The van der Waals surface area contributed by atoms with Gasteiger partial charge in [-0.25, -0.2) is 4.79 Å². The van der Waals surface area contributed by atoms with Gasteiger partial charge in [-0.2, -0.15) is 0 Å². The van der Waals surface area contributed by atoms with Gasteiger partial charge in [-0.3, -0.25) is 9.59 Å². The fourth-order valence-corrected chi connectivity index (χ4v) is 2.05. The van der Waals surface area contributed by atoms with Crippen molar-refractivity contribution in [3.63, 3.8) is 0 Å². The van der Waals surface area contributed by atoms with Gasteiger partial charge in [0.2, 0.25) is 0 Å². The Kier molecular flexibility index (Phi) is 7.30. The summed E-state index contributed by atoms with van der Waals surface area (Å²) >= 11 is 0. The molecule has 0 fully saturated rings. The molecule has 2 aromatic rings. The van der Waals surface area contributed by atoms with E-state index in [1.165, 1.54) is 0 Å².